The third-order valence-electron chi connectivity index (χ3n) is 5.24. The van der Waals surface area contributed by atoms with Gasteiger partial charge in [-0.3, -0.25) is 19.0 Å². The third kappa shape index (κ3) is 2.90. The minimum absolute atomic E-state index is 0.160. The molecule has 5 rings (SSSR count). The van der Waals surface area contributed by atoms with Gasteiger partial charge in [-0.05, 0) is 11.6 Å². The van der Waals surface area contributed by atoms with Crippen LogP contribution in [-0.4, -0.2) is 26.9 Å². The summed E-state index contributed by atoms with van der Waals surface area (Å²) in [5.41, 5.74) is 1.70. The normalized spacial score (nSPS) is 22.2. The van der Waals surface area contributed by atoms with E-state index in [9.17, 15) is 19.5 Å². The lowest BCUT2D eigenvalue weighted by molar-refractivity contribution is -0.147. The molecule has 0 bridgehead atoms. The molecule has 0 fully saturated rings. The Balaban J connectivity index is 1.70. The fourth-order valence-electron chi connectivity index (χ4n) is 3.97. The second kappa shape index (κ2) is 6.89. The maximum Gasteiger partial charge on any atom is 0.317 e. The number of thiazole rings is 1. The number of hydrogen-bond donors (Lipinski definition) is 1. The number of benzene rings is 2. The van der Waals surface area contributed by atoms with Crippen molar-refractivity contribution in [1.29, 1.82) is 0 Å². The quantitative estimate of drug-likeness (QED) is 0.512. The Morgan fingerprint density at radius 1 is 1.07 bits per heavy atom. The van der Waals surface area contributed by atoms with Crippen LogP contribution in [0.1, 0.15) is 21.9 Å². The van der Waals surface area contributed by atoms with Gasteiger partial charge >= 0.3 is 16.8 Å². The molecule has 3 heterocycles. The lowest BCUT2D eigenvalue weighted by Crippen LogP contribution is -2.44. The first-order valence-electron chi connectivity index (χ1n) is 9.02. The highest BCUT2D eigenvalue weighted by molar-refractivity contribution is 8.00. The summed E-state index contributed by atoms with van der Waals surface area (Å²) in [5.74, 6) is -2.59. The van der Waals surface area contributed by atoms with E-state index in [0.717, 1.165) is 39.1 Å². The molecule has 3 atom stereocenters. The summed E-state index contributed by atoms with van der Waals surface area (Å²) in [6, 6.07) is 16.7. The van der Waals surface area contributed by atoms with E-state index in [4.69, 9.17) is 4.74 Å². The number of aliphatic carboxylic acids is 1. The van der Waals surface area contributed by atoms with E-state index >= 15 is 0 Å². The van der Waals surface area contributed by atoms with Gasteiger partial charge in [0.1, 0.15) is 11.0 Å². The number of carbonyl (C=O) groups excluding carboxylic acids is 1. The molecule has 2 aliphatic heterocycles. The highest BCUT2D eigenvalue weighted by atomic mass is 32.2. The molecule has 6 nitrogen and oxygen atoms in total. The molecule has 3 aromatic rings. The summed E-state index contributed by atoms with van der Waals surface area (Å²) in [4.78, 5) is 38.2. The molecular weight excluding hydrogens is 410 g/mol. The van der Waals surface area contributed by atoms with Crippen molar-refractivity contribution in [3.05, 3.63) is 80.3 Å². The number of carboxylic acids is 1. The van der Waals surface area contributed by atoms with E-state index < -0.39 is 29.0 Å². The van der Waals surface area contributed by atoms with Gasteiger partial charge in [-0.25, -0.2) is 0 Å². The Bertz CT molecular complexity index is 1180. The minimum Gasteiger partial charge on any atom is -0.480 e. The average molecular weight is 425 g/mol. The number of ether oxygens (including phenoxy) is 1. The lowest BCUT2D eigenvalue weighted by Gasteiger charge is -2.37. The van der Waals surface area contributed by atoms with Crippen LogP contribution < -0.4 is 9.61 Å². The van der Waals surface area contributed by atoms with E-state index in [-0.39, 0.29) is 4.87 Å². The fraction of sp³-hybridized carbons (Fsp3) is 0.190. The van der Waals surface area contributed by atoms with Crippen LogP contribution >= 0.6 is 23.1 Å². The lowest BCUT2D eigenvalue weighted by atomic mass is 9.80. The molecule has 2 aliphatic rings. The molecule has 146 valence electrons. The number of hydrogen-bond acceptors (Lipinski definition) is 6. The zero-order chi connectivity index (χ0) is 20.1. The molecule has 0 spiro atoms. The molecule has 0 amide bonds. The van der Waals surface area contributed by atoms with Crippen LogP contribution in [0, 0.1) is 5.92 Å². The van der Waals surface area contributed by atoms with Gasteiger partial charge in [0.25, 0.3) is 0 Å². The van der Waals surface area contributed by atoms with Gasteiger partial charge in [-0.15, -0.1) is 0 Å². The maximum absolute atomic E-state index is 12.9. The molecule has 0 radical (unpaired) electrons. The predicted octanol–water partition coefficient (Wildman–Crippen LogP) is 3.18. The van der Waals surface area contributed by atoms with Gasteiger partial charge in [0.05, 0.1) is 17.5 Å². The molecule has 29 heavy (non-hydrogen) atoms. The van der Waals surface area contributed by atoms with Crippen molar-refractivity contribution in [3.63, 3.8) is 0 Å². The zero-order valence-electron chi connectivity index (χ0n) is 15.0. The van der Waals surface area contributed by atoms with E-state index in [2.05, 4.69) is 0 Å². The molecule has 1 N–H and O–H groups in total. The van der Waals surface area contributed by atoms with Gasteiger partial charge < -0.3 is 9.84 Å². The van der Waals surface area contributed by atoms with Crippen molar-refractivity contribution in [2.24, 2.45) is 5.92 Å². The highest BCUT2D eigenvalue weighted by Gasteiger charge is 2.52. The number of rotatable bonds is 3. The summed E-state index contributed by atoms with van der Waals surface area (Å²) in [7, 11) is 0. The van der Waals surface area contributed by atoms with Crippen molar-refractivity contribution in [1.82, 2.24) is 4.57 Å². The first kappa shape index (κ1) is 18.2. The average Bonchev–Trinajstić information content (AvgIpc) is 3.03. The van der Waals surface area contributed by atoms with Gasteiger partial charge in [0.2, 0.25) is 0 Å². The number of thioether (sulfide) groups is 1. The van der Waals surface area contributed by atoms with Crippen molar-refractivity contribution >= 4 is 35.0 Å². The smallest absolute Gasteiger partial charge is 0.317 e. The van der Waals surface area contributed by atoms with Crippen LogP contribution in [0.15, 0.2) is 64.4 Å². The van der Waals surface area contributed by atoms with Crippen LogP contribution in [0.5, 0.6) is 5.75 Å². The van der Waals surface area contributed by atoms with E-state index in [0.29, 0.717) is 17.3 Å². The van der Waals surface area contributed by atoms with Gasteiger partial charge in [-0.2, -0.15) is 0 Å². The largest absolute Gasteiger partial charge is 0.480 e. The summed E-state index contributed by atoms with van der Waals surface area (Å²) < 4.78 is 7.05. The van der Waals surface area contributed by atoms with Crippen LogP contribution in [0.4, 0.5) is 0 Å². The summed E-state index contributed by atoms with van der Waals surface area (Å²) in [5, 5.41) is 9.45. The number of nitrogens with zero attached hydrogens (tertiary/aromatic N) is 1. The molecule has 8 heteroatoms. The van der Waals surface area contributed by atoms with Crippen molar-refractivity contribution in [2.45, 2.75) is 22.7 Å². The van der Waals surface area contributed by atoms with Crippen molar-refractivity contribution in [3.8, 4) is 5.75 Å². The molecule has 2 aromatic carbocycles. The standard InChI is InChI=1S/C21H15NO5S2/c23-19(24)17-15-14(12-8-4-5-9-13(12)27-20(15)25)16-18(28-17)22(21(26)29-16)10-11-6-2-1-3-7-11/h1-9,14-15,17H,10H2,(H,23,24)/t14-,15+,17-/m1/s1. The number of para-hydroxylation sites is 1. The predicted molar refractivity (Wildman–Crippen MR) is 109 cm³/mol. The van der Waals surface area contributed by atoms with E-state index in [1.54, 1.807) is 16.7 Å². The first-order valence-corrected chi connectivity index (χ1v) is 10.7. The second-order valence-electron chi connectivity index (χ2n) is 6.95. The Kier molecular flexibility index (Phi) is 4.33. The Hall–Kier alpha value is -2.84. The Morgan fingerprint density at radius 3 is 2.55 bits per heavy atom. The number of carbonyl (C=O) groups is 2. The minimum atomic E-state index is -1.09. The van der Waals surface area contributed by atoms with Gasteiger partial charge in [0, 0.05) is 16.4 Å². The van der Waals surface area contributed by atoms with Crippen LogP contribution in [0.3, 0.4) is 0 Å². The third-order valence-corrected chi connectivity index (χ3v) is 7.85. The molecule has 0 saturated carbocycles. The van der Waals surface area contributed by atoms with Gasteiger partial charge in [0.15, 0.2) is 0 Å². The van der Waals surface area contributed by atoms with Crippen molar-refractivity contribution < 1.29 is 19.4 Å². The highest BCUT2D eigenvalue weighted by Crippen LogP contribution is 2.54. The molecule has 0 saturated heterocycles. The Labute approximate surface area is 173 Å². The number of fused-ring (bicyclic) bond motifs is 5. The topological polar surface area (TPSA) is 85.6 Å². The molecule has 1 aromatic heterocycles. The molecular formula is C21H15NO5S2. The molecule has 0 unspecified atom stereocenters. The van der Waals surface area contributed by atoms with Crippen LogP contribution in [0.2, 0.25) is 0 Å². The molecule has 0 aliphatic carbocycles. The Morgan fingerprint density at radius 2 is 1.79 bits per heavy atom. The summed E-state index contributed by atoms with van der Waals surface area (Å²) in [6.07, 6.45) is 0. The SMILES string of the molecule is O=C1Oc2ccccc2[C@H]2c3sc(=O)n(Cc4ccccc4)c3S[C@@H](C(=O)O)[C@@H]12. The summed E-state index contributed by atoms with van der Waals surface area (Å²) in [6.45, 7) is 0.355. The number of esters is 1. The van der Waals surface area contributed by atoms with Crippen LogP contribution in [-0.2, 0) is 16.1 Å². The monoisotopic (exact) mass is 425 g/mol. The van der Waals surface area contributed by atoms with E-state index in [1.807, 2.05) is 42.5 Å². The maximum atomic E-state index is 12.9. The van der Waals surface area contributed by atoms with Crippen molar-refractivity contribution in [2.75, 3.05) is 0 Å². The second-order valence-corrected chi connectivity index (χ2v) is 9.07. The zero-order valence-corrected chi connectivity index (χ0v) is 16.6. The van der Waals surface area contributed by atoms with E-state index in [1.165, 1.54) is 0 Å². The van der Waals surface area contributed by atoms with Gasteiger partial charge in [-0.1, -0.05) is 71.6 Å². The number of carboxylic acid groups (broad SMARTS) is 1. The number of aromatic nitrogens is 1. The first-order chi connectivity index (χ1) is 14.0. The summed E-state index contributed by atoms with van der Waals surface area (Å²) >= 11 is 2.16. The van der Waals surface area contributed by atoms with Crippen LogP contribution in [0.25, 0.3) is 0 Å². The fourth-order valence-corrected chi connectivity index (χ4v) is 6.62.